The fraction of sp³-hybridized carbons (Fsp3) is 0.533. The van der Waals surface area contributed by atoms with Gasteiger partial charge in [0.15, 0.2) is 6.54 Å². The molecule has 0 bridgehead atoms. The van der Waals surface area contributed by atoms with Crippen molar-refractivity contribution < 1.29 is 18.8 Å². The number of hydrogen-bond donors (Lipinski definition) is 2. The quantitative estimate of drug-likeness (QED) is 0.840. The summed E-state index contributed by atoms with van der Waals surface area (Å²) in [4.78, 5) is 13.0. The number of amides is 1. The first-order valence-corrected chi connectivity index (χ1v) is 7.12. The molecular formula is C15H22FN2O2+. The number of benzene rings is 1. The second-order valence-corrected chi connectivity index (χ2v) is 5.39. The summed E-state index contributed by atoms with van der Waals surface area (Å²) in [5.41, 5.74) is 0.497. The first-order chi connectivity index (χ1) is 9.63. The highest BCUT2D eigenvalue weighted by Crippen LogP contribution is 2.11. The highest BCUT2D eigenvalue weighted by Gasteiger charge is 2.19. The molecule has 1 aliphatic heterocycles. The van der Waals surface area contributed by atoms with E-state index in [0.29, 0.717) is 12.2 Å². The molecule has 5 heteroatoms. The van der Waals surface area contributed by atoms with Crippen LogP contribution in [0.2, 0.25) is 0 Å². The van der Waals surface area contributed by atoms with Crippen molar-refractivity contribution in [2.24, 2.45) is 0 Å². The molecule has 1 aliphatic rings. The summed E-state index contributed by atoms with van der Waals surface area (Å²) in [6.07, 6.45) is 3.66. The Morgan fingerprint density at radius 2 is 2.35 bits per heavy atom. The van der Waals surface area contributed by atoms with Crippen LogP contribution in [-0.4, -0.2) is 38.8 Å². The van der Waals surface area contributed by atoms with Crippen molar-refractivity contribution in [2.45, 2.75) is 25.4 Å². The molecule has 0 spiro atoms. The monoisotopic (exact) mass is 281 g/mol. The molecule has 0 aliphatic carbocycles. The molecule has 0 aromatic heterocycles. The van der Waals surface area contributed by atoms with Gasteiger partial charge in [-0.05, 0) is 37.5 Å². The molecule has 2 rings (SSSR count). The topological polar surface area (TPSA) is 42.8 Å². The van der Waals surface area contributed by atoms with Crippen molar-refractivity contribution in [2.75, 3.05) is 32.1 Å². The number of likely N-dealkylation sites (N-methyl/N-ethyl adjacent to an activating group) is 1. The predicted octanol–water partition coefficient (Wildman–Crippen LogP) is 0.848. The molecule has 0 saturated carbocycles. The number of rotatable bonds is 5. The van der Waals surface area contributed by atoms with Gasteiger partial charge in [-0.1, -0.05) is 6.07 Å². The molecular weight excluding hydrogens is 259 g/mol. The molecule has 2 atom stereocenters. The molecule has 1 fully saturated rings. The number of quaternary nitrogens is 1. The maximum Gasteiger partial charge on any atom is 0.279 e. The molecule has 0 radical (unpaired) electrons. The van der Waals surface area contributed by atoms with E-state index in [2.05, 4.69) is 5.32 Å². The summed E-state index contributed by atoms with van der Waals surface area (Å²) < 4.78 is 18.7. The molecule has 1 amide bonds. The van der Waals surface area contributed by atoms with Crippen LogP contribution >= 0.6 is 0 Å². The van der Waals surface area contributed by atoms with Crippen molar-refractivity contribution >= 4 is 11.6 Å². The number of halogens is 1. The Morgan fingerprint density at radius 1 is 1.50 bits per heavy atom. The lowest BCUT2D eigenvalue weighted by Crippen LogP contribution is -3.11. The Balaban J connectivity index is 1.75. The molecule has 110 valence electrons. The van der Waals surface area contributed by atoms with Crippen LogP contribution < -0.4 is 10.2 Å². The zero-order chi connectivity index (χ0) is 14.4. The van der Waals surface area contributed by atoms with Gasteiger partial charge in [0.1, 0.15) is 18.5 Å². The van der Waals surface area contributed by atoms with E-state index in [1.165, 1.54) is 18.6 Å². The van der Waals surface area contributed by atoms with Crippen molar-refractivity contribution in [3.8, 4) is 0 Å². The van der Waals surface area contributed by atoms with Crippen LogP contribution in [-0.2, 0) is 9.53 Å². The van der Waals surface area contributed by atoms with Crippen molar-refractivity contribution in [1.29, 1.82) is 0 Å². The normalized spacial score (nSPS) is 20.4. The number of ether oxygens (including phenoxy) is 1. The van der Waals surface area contributed by atoms with Crippen LogP contribution in [0.25, 0.3) is 0 Å². The van der Waals surface area contributed by atoms with Crippen LogP contribution in [0.1, 0.15) is 19.3 Å². The van der Waals surface area contributed by atoms with Gasteiger partial charge >= 0.3 is 0 Å². The smallest absolute Gasteiger partial charge is 0.279 e. The lowest BCUT2D eigenvalue weighted by Gasteiger charge is -2.24. The number of nitrogens with one attached hydrogen (secondary N) is 2. The summed E-state index contributed by atoms with van der Waals surface area (Å²) in [5, 5.41) is 2.71. The minimum Gasteiger partial charge on any atom is -0.372 e. The number of carbonyl (C=O) groups excluding carboxylic acids is 1. The molecule has 1 heterocycles. The minimum atomic E-state index is -0.348. The summed E-state index contributed by atoms with van der Waals surface area (Å²) in [7, 11) is 1.98. The minimum absolute atomic E-state index is 0.107. The van der Waals surface area contributed by atoms with Crippen LogP contribution in [0.15, 0.2) is 24.3 Å². The zero-order valence-corrected chi connectivity index (χ0v) is 11.8. The van der Waals surface area contributed by atoms with Gasteiger partial charge in [0.2, 0.25) is 0 Å². The third-order valence-corrected chi connectivity index (χ3v) is 3.42. The van der Waals surface area contributed by atoms with E-state index >= 15 is 0 Å². The maximum atomic E-state index is 13.0. The Kier molecular flexibility index (Phi) is 5.49. The second-order valence-electron chi connectivity index (χ2n) is 5.39. The van der Waals surface area contributed by atoms with E-state index in [1.807, 2.05) is 7.05 Å². The number of hydrogen-bond acceptors (Lipinski definition) is 2. The van der Waals surface area contributed by atoms with Gasteiger partial charge in [0, 0.05) is 12.3 Å². The van der Waals surface area contributed by atoms with Gasteiger partial charge in [-0.3, -0.25) is 4.79 Å². The van der Waals surface area contributed by atoms with E-state index in [9.17, 15) is 9.18 Å². The van der Waals surface area contributed by atoms with Gasteiger partial charge in [0.25, 0.3) is 5.91 Å². The molecule has 1 aromatic rings. The maximum absolute atomic E-state index is 13.0. The molecule has 4 nitrogen and oxygen atoms in total. The van der Waals surface area contributed by atoms with Gasteiger partial charge < -0.3 is 15.0 Å². The molecule has 2 N–H and O–H groups in total. The van der Waals surface area contributed by atoms with Crippen LogP contribution in [0, 0.1) is 5.82 Å². The van der Waals surface area contributed by atoms with E-state index in [0.717, 1.165) is 30.9 Å². The first-order valence-electron chi connectivity index (χ1n) is 7.12. The zero-order valence-electron chi connectivity index (χ0n) is 11.8. The Hall–Kier alpha value is -1.46. The standard InChI is InChI=1S/C15H21FN2O2/c1-18(10-14-7-2-3-8-20-14)11-15(19)17-13-6-4-5-12(16)9-13/h4-6,9,14H,2-3,7-8,10-11H2,1H3,(H,17,19)/p+1/t14-/m0/s1. The summed E-state index contributed by atoms with van der Waals surface area (Å²) in [6.45, 7) is 2.01. The Bertz CT molecular complexity index is 447. The van der Waals surface area contributed by atoms with Gasteiger partial charge in [0.05, 0.1) is 7.05 Å². The third kappa shape index (κ3) is 4.90. The lowest BCUT2D eigenvalue weighted by molar-refractivity contribution is -0.874. The average molecular weight is 281 g/mol. The summed E-state index contributed by atoms with van der Waals surface area (Å²) >= 11 is 0. The Labute approximate surface area is 118 Å². The van der Waals surface area contributed by atoms with Crippen LogP contribution in [0.4, 0.5) is 10.1 Å². The number of anilines is 1. The van der Waals surface area contributed by atoms with E-state index in [1.54, 1.807) is 12.1 Å². The third-order valence-electron chi connectivity index (χ3n) is 3.42. The SMILES string of the molecule is C[NH+](CC(=O)Nc1cccc(F)c1)C[C@@H]1CCCCO1. The highest BCUT2D eigenvalue weighted by molar-refractivity contribution is 5.91. The summed E-state index contributed by atoms with van der Waals surface area (Å²) in [5.74, 6) is -0.456. The molecule has 1 aromatic carbocycles. The fourth-order valence-corrected chi connectivity index (χ4v) is 2.47. The summed E-state index contributed by atoms with van der Waals surface area (Å²) in [6, 6.07) is 5.93. The first kappa shape index (κ1) is 14.9. The average Bonchev–Trinajstić information content (AvgIpc) is 2.39. The lowest BCUT2D eigenvalue weighted by atomic mass is 10.1. The number of carbonyl (C=O) groups is 1. The molecule has 20 heavy (non-hydrogen) atoms. The van der Waals surface area contributed by atoms with Crippen LogP contribution in [0.3, 0.4) is 0 Å². The van der Waals surface area contributed by atoms with Crippen molar-refractivity contribution in [1.82, 2.24) is 0 Å². The second kappa shape index (κ2) is 7.36. The van der Waals surface area contributed by atoms with Crippen molar-refractivity contribution in [3.05, 3.63) is 30.1 Å². The van der Waals surface area contributed by atoms with Gasteiger partial charge in [-0.2, -0.15) is 0 Å². The van der Waals surface area contributed by atoms with E-state index in [4.69, 9.17) is 4.74 Å². The van der Waals surface area contributed by atoms with Gasteiger partial charge in [-0.25, -0.2) is 4.39 Å². The molecule has 1 saturated heterocycles. The van der Waals surface area contributed by atoms with Gasteiger partial charge in [-0.15, -0.1) is 0 Å². The molecule has 1 unspecified atom stereocenters. The van der Waals surface area contributed by atoms with E-state index < -0.39 is 0 Å². The van der Waals surface area contributed by atoms with Crippen LogP contribution in [0.5, 0.6) is 0 Å². The largest absolute Gasteiger partial charge is 0.372 e. The Morgan fingerprint density at radius 3 is 3.05 bits per heavy atom. The fourth-order valence-electron chi connectivity index (χ4n) is 2.47. The highest BCUT2D eigenvalue weighted by atomic mass is 19.1. The predicted molar refractivity (Wildman–Crippen MR) is 75.2 cm³/mol. The van der Waals surface area contributed by atoms with Crippen molar-refractivity contribution in [3.63, 3.8) is 0 Å². The van der Waals surface area contributed by atoms with E-state index in [-0.39, 0.29) is 17.8 Å².